The summed E-state index contributed by atoms with van der Waals surface area (Å²) in [4.78, 5) is 14.1. The standard InChI is InChI=1S/C16H24N2O2/c1-2-10-17-16(19)18(13-15-9-6-11-20-15)12-14-7-4-3-5-8-14/h3-4,6,9,11,14H,2,5,7-8,10,12-13H2,1H3,(H,17,19)/t14-/m1/s1. The summed E-state index contributed by atoms with van der Waals surface area (Å²) in [6.45, 7) is 4.12. The van der Waals surface area contributed by atoms with Crippen LogP contribution in [0, 0.1) is 5.92 Å². The summed E-state index contributed by atoms with van der Waals surface area (Å²) in [5, 5.41) is 2.96. The first-order valence-corrected chi connectivity index (χ1v) is 7.49. The van der Waals surface area contributed by atoms with Gasteiger partial charge in [-0.15, -0.1) is 0 Å². The van der Waals surface area contributed by atoms with E-state index in [4.69, 9.17) is 4.42 Å². The van der Waals surface area contributed by atoms with Crippen molar-refractivity contribution in [3.05, 3.63) is 36.3 Å². The van der Waals surface area contributed by atoms with Crippen LogP contribution in [0.2, 0.25) is 0 Å². The highest BCUT2D eigenvalue weighted by Gasteiger charge is 2.20. The van der Waals surface area contributed by atoms with Crippen LogP contribution in [0.3, 0.4) is 0 Å². The molecule has 1 aliphatic rings. The molecule has 4 heteroatoms. The first-order valence-electron chi connectivity index (χ1n) is 7.49. The van der Waals surface area contributed by atoms with Crippen molar-refractivity contribution in [2.24, 2.45) is 5.92 Å². The Balaban J connectivity index is 1.94. The van der Waals surface area contributed by atoms with Gasteiger partial charge in [0.15, 0.2) is 0 Å². The topological polar surface area (TPSA) is 45.5 Å². The number of carbonyl (C=O) groups excluding carboxylic acids is 1. The van der Waals surface area contributed by atoms with Gasteiger partial charge in [-0.05, 0) is 43.7 Å². The fourth-order valence-electron chi connectivity index (χ4n) is 2.49. The summed E-state index contributed by atoms with van der Waals surface area (Å²) in [5.41, 5.74) is 0. The lowest BCUT2D eigenvalue weighted by Crippen LogP contribution is -2.42. The Bertz CT molecular complexity index is 426. The summed E-state index contributed by atoms with van der Waals surface area (Å²) in [6, 6.07) is 3.79. The molecule has 1 atom stereocenters. The zero-order valence-corrected chi connectivity index (χ0v) is 12.2. The van der Waals surface area contributed by atoms with Crippen LogP contribution < -0.4 is 5.32 Å². The van der Waals surface area contributed by atoms with Gasteiger partial charge in [-0.1, -0.05) is 19.1 Å². The van der Waals surface area contributed by atoms with Gasteiger partial charge < -0.3 is 14.6 Å². The molecule has 110 valence electrons. The van der Waals surface area contributed by atoms with E-state index in [1.807, 2.05) is 17.0 Å². The molecule has 1 N–H and O–H groups in total. The highest BCUT2D eigenvalue weighted by molar-refractivity contribution is 5.74. The average molecular weight is 276 g/mol. The van der Waals surface area contributed by atoms with Crippen LogP contribution in [0.1, 0.15) is 38.4 Å². The van der Waals surface area contributed by atoms with E-state index < -0.39 is 0 Å². The monoisotopic (exact) mass is 276 g/mol. The number of nitrogens with zero attached hydrogens (tertiary/aromatic N) is 1. The number of hydrogen-bond donors (Lipinski definition) is 1. The third-order valence-electron chi connectivity index (χ3n) is 3.60. The molecule has 0 spiro atoms. The van der Waals surface area contributed by atoms with E-state index in [-0.39, 0.29) is 6.03 Å². The van der Waals surface area contributed by atoms with E-state index in [1.54, 1.807) is 6.26 Å². The van der Waals surface area contributed by atoms with Crippen molar-refractivity contribution in [3.8, 4) is 0 Å². The normalized spacial score (nSPS) is 17.9. The fourth-order valence-corrected chi connectivity index (χ4v) is 2.49. The van der Waals surface area contributed by atoms with Crippen molar-refractivity contribution in [2.75, 3.05) is 13.1 Å². The van der Waals surface area contributed by atoms with Gasteiger partial charge in [-0.2, -0.15) is 0 Å². The number of hydrogen-bond acceptors (Lipinski definition) is 2. The molecule has 0 aromatic carbocycles. The lowest BCUT2D eigenvalue weighted by molar-refractivity contribution is 0.176. The fraction of sp³-hybridized carbons (Fsp3) is 0.562. The number of rotatable bonds is 6. The van der Waals surface area contributed by atoms with Crippen LogP contribution in [0.15, 0.2) is 35.0 Å². The Morgan fingerprint density at radius 2 is 2.40 bits per heavy atom. The van der Waals surface area contributed by atoms with Crippen LogP contribution in [-0.2, 0) is 6.54 Å². The van der Waals surface area contributed by atoms with E-state index >= 15 is 0 Å². The SMILES string of the molecule is CCCNC(=O)N(Cc1ccco1)C[C@@H]1CC=CCC1. The molecule has 0 bridgehead atoms. The molecule has 0 aliphatic heterocycles. The first kappa shape index (κ1) is 14.7. The van der Waals surface area contributed by atoms with Crippen molar-refractivity contribution < 1.29 is 9.21 Å². The molecule has 2 amide bonds. The second-order valence-corrected chi connectivity index (χ2v) is 5.34. The molecular formula is C16H24N2O2. The number of amides is 2. The van der Waals surface area contributed by atoms with Gasteiger partial charge in [0.2, 0.25) is 0 Å². The van der Waals surface area contributed by atoms with E-state index in [0.717, 1.165) is 44.5 Å². The van der Waals surface area contributed by atoms with Crippen LogP contribution in [0.5, 0.6) is 0 Å². The van der Waals surface area contributed by atoms with Gasteiger partial charge in [0.05, 0.1) is 12.8 Å². The zero-order valence-electron chi connectivity index (χ0n) is 12.2. The predicted octanol–water partition coefficient (Wildman–Crippen LogP) is 3.56. The summed E-state index contributed by atoms with van der Waals surface area (Å²) in [6.07, 6.45) is 10.4. The van der Waals surface area contributed by atoms with Crippen LogP contribution in [-0.4, -0.2) is 24.0 Å². The maximum absolute atomic E-state index is 12.3. The molecule has 1 aromatic heterocycles. The molecule has 1 aromatic rings. The lowest BCUT2D eigenvalue weighted by atomic mass is 9.94. The Labute approximate surface area is 120 Å². The molecule has 0 fully saturated rings. The quantitative estimate of drug-likeness (QED) is 0.807. The Hall–Kier alpha value is -1.71. The number of urea groups is 1. The molecular weight excluding hydrogens is 252 g/mol. The maximum atomic E-state index is 12.3. The van der Waals surface area contributed by atoms with Crippen LogP contribution in [0.4, 0.5) is 4.79 Å². The molecule has 2 rings (SSSR count). The first-order chi connectivity index (χ1) is 9.79. The molecule has 0 radical (unpaired) electrons. The van der Waals surface area contributed by atoms with E-state index in [0.29, 0.717) is 12.5 Å². The van der Waals surface area contributed by atoms with Crippen LogP contribution >= 0.6 is 0 Å². The van der Waals surface area contributed by atoms with E-state index in [2.05, 4.69) is 24.4 Å². The smallest absolute Gasteiger partial charge is 0.317 e. The largest absolute Gasteiger partial charge is 0.467 e. The molecule has 1 heterocycles. The Morgan fingerprint density at radius 1 is 1.50 bits per heavy atom. The minimum Gasteiger partial charge on any atom is -0.467 e. The Kier molecular flexibility index (Phi) is 5.71. The van der Waals surface area contributed by atoms with Crippen LogP contribution in [0.25, 0.3) is 0 Å². The van der Waals surface area contributed by atoms with Gasteiger partial charge >= 0.3 is 6.03 Å². The van der Waals surface area contributed by atoms with Gasteiger partial charge in [-0.25, -0.2) is 4.79 Å². The minimum atomic E-state index is 0.0119. The molecule has 1 aliphatic carbocycles. The van der Waals surface area contributed by atoms with Gasteiger partial charge in [0.1, 0.15) is 5.76 Å². The molecule has 4 nitrogen and oxygen atoms in total. The highest BCUT2D eigenvalue weighted by Crippen LogP contribution is 2.20. The van der Waals surface area contributed by atoms with E-state index in [1.165, 1.54) is 0 Å². The van der Waals surface area contributed by atoms with Crippen molar-refractivity contribution in [1.29, 1.82) is 0 Å². The predicted molar refractivity (Wildman–Crippen MR) is 79.3 cm³/mol. The lowest BCUT2D eigenvalue weighted by Gasteiger charge is -2.28. The summed E-state index contributed by atoms with van der Waals surface area (Å²) >= 11 is 0. The molecule has 0 unspecified atom stereocenters. The summed E-state index contributed by atoms with van der Waals surface area (Å²) in [5.74, 6) is 1.39. The molecule has 0 saturated heterocycles. The minimum absolute atomic E-state index is 0.0119. The number of furan rings is 1. The van der Waals surface area contributed by atoms with Crippen molar-refractivity contribution in [2.45, 2.75) is 39.2 Å². The molecule has 20 heavy (non-hydrogen) atoms. The average Bonchev–Trinajstić information content (AvgIpc) is 2.98. The molecule has 0 saturated carbocycles. The second-order valence-electron chi connectivity index (χ2n) is 5.34. The number of nitrogens with one attached hydrogen (secondary N) is 1. The zero-order chi connectivity index (χ0) is 14.2. The third-order valence-corrected chi connectivity index (χ3v) is 3.60. The summed E-state index contributed by atoms with van der Waals surface area (Å²) in [7, 11) is 0. The van der Waals surface area contributed by atoms with Crippen molar-refractivity contribution in [1.82, 2.24) is 10.2 Å². The van der Waals surface area contributed by atoms with Crippen molar-refractivity contribution in [3.63, 3.8) is 0 Å². The number of carbonyl (C=O) groups is 1. The van der Waals surface area contributed by atoms with Gasteiger partial charge in [0.25, 0.3) is 0 Å². The maximum Gasteiger partial charge on any atom is 0.317 e. The van der Waals surface area contributed by atoms with Gasteiger partial charge in [-0.3, -0.25) is 0 Å². The third kappa shape index (κ3) is 4.44. The highest BCUT2D eigenvalue weighted by atomic mass is 16.3. The van der Waals surface area contributed by atoms with Crippen molar-refractivity contribution >= 4 is 6.03 Å². The number of allylic oxidation sites excluding steroid dienone is 2. The second kappa shape index (κ2) is 7.78. The summed E-state index contributed by atoms with van der Waals surface area (Å²) < 4.78 is 5.37. The Morgan fingerprint density at radius 3 is 3.05 bits per heavy atom. The van der Waals surface area contributed by atoms with Gasteiger partial charge in [0, 0.05) is 13.1 Å². The van der Waals surface area contributed by atoms with E-state index in [9.17, 15) is 4.79 Å².